The predicted molar refractivity (Wildman–Crippen MR) is 140 cm³/mol. The molecule has 0 aromatic heterocycles. The number of phenolic OH excluding ortho intramolecular Hbond substituents is 1. The Labute approximate surface area is 209 Å². The Hall–Kier alpha value is -3.06. The summed E-state index contributed by atoms with van der Waals surface area (Å²) in [6.07, 6.45) is 4.42. The zero-order chi connectivity index (χ0) is 25.4. The highest BCUT2D eigenvalue weighted by atomic mass is 16.5. The quantitative estimate of drug-likeness (QED) is 0.489. The van der Waals surface area contributed by atoms with Crippen molar-refractivity contribution in [3.8, 4) is 5.75 Å². The summed E-state index contributed by atoms with van der Waals surface area (Å²) in [5.74, 6) is 0.00959. The van der Waals surface area contributed by atoms with Crippen molar-refractivity contribution in [2.75, 3.05) is 23.3 Å². The number of likely N-dealkylation sites (tertiary alicyclic amines) is 1. The number of hydrogen-bond acceptors (Lipinski definition) is 5. The van der Waals surface area contributed by atoms with Crippen molar-refractivity contribution in [2.24, 2.45) is 0 Å². The van der Waals surface area contributed by atoms with Crippen LogP contribution in [0.5, 0.6) is 5.75 Å². The average Bonchev–Trinajstić information content (AvgIpc) is 2.83. The number of piperidine rings is 1. The molecule has 1 heterocycles. The molecule has 0 aliphatic carbocycles. The van der Waals surface area contributed by atoms with E-state index in [1.807, 2.05) is 51.1 Å². The van der Waals surface area contributed by atoms with E-state index in [-0.39, 0.29) is 24.3 Å². The monoisotopic (exact) mass is 481 g/mol. The van der Waals surface area contributed by atoms with Crippen LogP contribution in [-0.2, 0) is 16.1 Å². The van der Waals surface area contributed by atoms with Gasteiger partial charge in [0.05, 0.1) is 17.4 Å². The first-order valence-electron chi connectivity index (χ1n) is 12.6. The molecule has 1 unspecified atom stereocenters. The van der Waals surface area contributed by atoms with Crippen molar-refractivity contribution in [3.63, 3.8) is 0 Å². The Kier molecular flexibility index (Phi) is 9.15. The standard InChI is InChI=1S/C28H39N3O4/c1-5-6-17-30-18-11-10-14-25(30)26(33)31(28(2,3)4)24-16-15-22(32)19-23(24)29-27(34)35-20-21-12-8-7-9-13-21/h7-9,12-13,15-16,19,25,32H,5-6,10-11,14,17-18,20H2,1-4H3,(H,29,34). The van der Waals surface area contributed by atoms with Crippen LogP contribution in [0.25, 0.3) is 0 Å². The summed E-state index contributed by atoms with van der Waals surface area (Å²) in [4.78, 5) is 30.7. The van der Waals surface area contributed by atoms with Gasteiger partial charge in [0.25, 0.3) is 0 Å². The van der Waals surface area contributed by atoms with Crippen molar-refractivity contribution < 1.29 is 19.4 Å². The fraction of sp³-hybridized carbons (Fsp3) is 0.500. The Morgan fingerprint density at radius 2 is 1.89 bits per heavy atom. The summed E-state index contributed by atoms with van der Waals surface area (Å²) >= 11 is 0. The van der Waals surface area contributed by atoms with Gasteiger partial charge < -0.3 is 14.7 Å². The van der Waals surface area contributed by atoms with Crippen LogP contribution in [0.4, 0.5) is 16.2 Å². The smallest absolute Gasteiger partial charge is 0.412 e. The van der Waals surface area contributed by atoms with Crippen molar-refractivity contribution in [1.82, 2.24) is 4.90 Å². The summed E-state index contributed by atoms with van der Waals surface area (Å²) in [7, 11) is 0. The van der Waals surface area contributed by atoms with E-state index >= 15 is 0 Å². The molecule has 2 aromatic rings. The summed E-state index contributed by atoms with van der Waals surface area (Å²) in [6.45, 7) is 10.0. The number of carbonyl (C=O) groups excluding carboxylic acids is 2. The first kappa shape index (κ1) is 26.5. The molecule has 7 nitrogen and oxygen atoms in total. The number of rotatable bonds is 8. The third-order valence-corrected chi connectivity index (χ3v) is 6.26. The number of anilines is 2. The number of hydrogen-bond donors (Lipinski definition) is 2. The van der Waals surface area contributed by atoms with Gasteiger partial charge in [0.15, 0.2) is 0 Å². The molecular formula is C28H39N3O4. The number of aromatic hydroxyl groups is 1. The highest BCUT2D eigenvalue weighted by Gasteiger charge is 2.38. The van der Waals surface area contributed by atoms with Gasteiger partial charge in [-0.1, -0.05) is 50.1 Å². The highest BCUT2D eigenvalue weighted by molar-refractivity contribution is 6.03. The maximum Gasteiger partial charge on any atom is 0.412 e. The minimum absolute atomic E-state index is 0.00402. The lowest BCUT2D eigenvalue weighted by Crippen LogP contribution is -2.56. The Morgan fingerprint density at radius 3 is 2.57 bits per heavy atom. The van der Waals surface area contributed by atoms with E-state index in [0.29, 0.717) is 11.4 Å². The normalized spacial score (nSPS) is 16.5. The number of nitrogens with zero attached hydrogens (tertiary/aromatic N) is 2. The fourth-order valence-corrected chi connectivity index (χ4v) is 4.55. The summed E-state index contributed by atoms with van der Waals surface area (Å²) in [5.41, 5.74) is 1.20. The number of nitrogens with one attached hydrogen (secondary N) is 1. The van der Waals surface area contributed by atoms with Crippen molar-refractivity contribution in [2.45, 2.75) is 78.0 Å². The maximum atomic E-state index is 14.0. The molecule has 1 atom stereocenters. The number of unbranched alkanes of at least 4 members (excludes halogenated alkanes) is 1. The Morgan fingerprint density at radius 1 is 1.14 bits per heavy atom. The molecule has 3 rings (SSSR count). The van der Waals surface area contributed by atoms with Crippen molar-refractivity contribution in [1.29, 1.82) is 0 Å². The molecule has 0 spiro atoms. The molecule has 35 heavy (non-hydrogen) atoms. The van der Waals surface area contributed by atoms with Gasteiger partial charge >= 0.3 is 6.09 Å². The molecule has 1 aliphatic rings. The van der Waals surface area contributed by atoms with E-state index in [1.165, 1.54) is 12.1 Å². The van der Waals surface area contributed by atoms with Crippen LogP contribution in [0.2, 0.25) is 0 Å². The number of ether oxygens (including phenoxy) is 1. The van der Waals surface area contributed by atoms with Gasteiger partial charge in [0, 0.05) is 11.6 Å². The van der Waals surface area contributed by atoms with Gasteiger partial charge in [0.2, 0.25) is 5.91 Å². The number of carbonyl (C=O) groups is 2. The number of benzene rings is 2. The largest absolute Gasteiger partial charge is 0.508 e. The molecule has 7 heteroatoms. The SMILES string of the molecule is CCCCN1CCCCC1C(=O)N(c1ccc(O)cc1NC(=O)OCc1ccccc1)C(C)(C)C. The van der Waals surface area contributed by atoms with Crippen LogP contribution in [0.3, 0.4) is 0 Å². The van der Waals surface area contributed by atoms with E-state index < -0.39 is 11.6 Å². The van der Waals surface area contributed by atoms with Crippen molar-refractivity contribution in [3.05, 3.63) is 54.1 Å². The van der Waals surface area contributed by atoms with Gasteiger partial charge in [-0.15, -0.1) is 0 Å². The molecule has 0 radical (unpaired) electrons. The zero-order valence-corrected chi connectivity index (χ0v) is 21.4. The number of amides is 2. The molecule has 2 N–H and O–H groups in total. The molecule has 1 saturated heterocycles. The molecule has 2 amide bonds. The van der Waals surface area contributed by atoms with Gasteiger partial charge in [-0.2, -0.15) is 0 Å². The van der Waals surface area contributed by atoms with Crippen molar-refractivity contribution >= 4 is 23.4 Å². The van der Waals surface area contributed by atoms with Crippen LogP contribution in [0, 0.1) is 0 Å². The first-order valence-corrected chi connectivity index (χ1v) is 12.6. The Balaban J connectivity index is 1.86. The summed E-state index contributed by atoms with van der Waals surface area (Å²) in [6, 6.07) is 13.9. The second kappa shape index (κ2) is 12.1. The fourth-order valence-electron chi connectivity index (χ4n) is 4.55. The van der Waals surface area contributed by atoms with Gasteiger partial charge in [-0.3, -0.25) is 15.0 Å². The molecular weight excluding hydrogens is 442 g/mol. The molecule has 2 aromatic carbocycles. The van der Waals surface area contributed by atoms with E-state index in [1.54, 1.807) is 11.0 Å². The average molecular weight is 482 g/mol. The van der Waals surface area contributed by atoms with Crippen LogP contribution in [-0.4, -0.2) is 46.7 Å². The lowest BCUT2D eigenvalue weighted by molar-refractivity contribution is -0.126. The molecule has 190 valence electrons. The third-order valence-electron chi connectivity index (χ3n) is 6.26. The van der Waals surface area contributed by atoms with E-state index in [9.17, 15) is 14.7 Å². The third kappa shape index (κ3) is 7.21. The first-order chi connectivity index (χ1) is 16.7. The molecule has 0 bridgehead atoms. The predicted octanol–water partition coefficient (Wildman–Crippen LogP) is 5.93. The number of phenols is 1. The van der Waals surface area contributed by atoms with Crippen LogP contribution in [0.1, 0.15) is 65.4 Å². The summed E-state index contributed by atoms with van der Waals surface area (Å²) in [5, 5.41) is 12.9. The molecule has 0 saturated carbocycles. The second-order valence-corrected chi connectivity index (χ2v) is 10.1. The Bertz CT molecular complexity index is 987. The lowest BCUT2D eigenvalue weighted by atomic mass is 9.96. The minimum Gasteiger partial charge on any atom is -0.508 e. The van der Waals surface area contributed by atoms with Crippen LogP contribution in [0.15, 0.2) is 48.5 Å². The second-order valence-electron chi connectivity index (χ2n) is 10.1. The van der Waals surface area contributed by atoms with Crippen LogP contribution < -0.4 is 10.2 Å². The minimum atomic E-state index is -0.649. The van der Waals surface area contributed by atoms with Gasteiger partial charge in [-0.25, -0.2) is 4.79 Å². The molecule has 1 fully saturated rings. The highest BCUT2D eigenvalue weighted by Crippen LogP contribution is 2.36. The molecule has 1 aliphatic heterocycles. The zero-order valence-electron chi connectivity index (χ0n) is 21.4. The van der Waals surface area contributed by atoms with E-state index in [0.717, 1.165) is 50.8 Å². The van der Waals surface area contributed by atoms with Gasteiger partial charge in [0.1, 0.15) is 12.4 Å². The van der Waals surface area contributed by atoms with Crippen LogP contribution >= 0.6 is 0 Å². The lowest BCUT2D eigenvalue weighted by Gasteiger charge is -2.43. The van der Waals surface area contributed by atoms with E-state index in [2.05, 4.69) is 17.1 Å². The topological polar surface area (TPSA) is 82.1 Å². The van der Waals surface area contributed by atoms with E-state index in [4.69, 9.17) is 4.74 Å². The summed E-state index contributed by atoms with van der Waals surface area (Å²) < 4.78 is 5.39. The van der Waals surface area contributed by atoms with Gasteiger partial charge in [-0.05, 0) is 70.8 Å². The maximum absolute atomic E-state index is 14.0.